The van der Waals surface area contributed by atoms with Crippen molar-refractivity contribution in [2.45, 2.75) is 38.6 Å². The molecule has 0 bridgehead atoms. The van der Waals surface area contributed by atoms with E-state index in [4.69, 9.17) is 0 Å². The molecule has 2 heterocycles. The van der Waals surface area contributed by atoms with Crippen molar-refractivity contribution in [1.82, 2.24) is 10.3 Å². The van der Waals surface area contributed by atoms with Crippen LogP contribution in [0.4, 0.5) is 0 Å². The maximum atomic E-state index is 4.56. The summed E-state index contributed by atoms with van der Waals surface area (Å²) in [7, 11) is 0. The molecule has 1 atom stereocenters. The summed E-state index contributed by atoms with van der Waals surface area (Å²) in [5.74, 6) is 0. The molecule has 94 valence electrons. The topological polar surface area (TPSA) is 24.9 Å². The fourth-order valence-electron chi connectivity index (χ4n) is 2.78. The number of nitrogens with zero attached hydrogens (tertiary/aromatic N) is 1. The summed E-state index contributed by atoms with van der Waals surface area (Å²) in [6.07, 6.45) is 5.26. The van der Waals surface area contributed by atoms with Crippen LogP contribution in [-0.4, -0.2) is 11.5 Å². The Labute approximate surface area is 108 Å². The molecule has 1 N–H and O–H groups in total. The minimum absolute atomic E-state index is 0.526. The van der Waals surface area contributed by atoms with Crippen molar-refractivity contribution in [3.05, 3.63) is 41.6 Å². The van der Waals surface area contributed by atoms with E-state index in [0.717, 1.165) is 17.8 Å². The first-order valence-electron chi connectivity index (χ1n) is 6.94. The van der Waals surface area contributed by atoms with Crippen LogP contribution in [0.5, 0.6) is 0 Å². The summed E-state index contributed by atoms with van der Waals surface area (Å²) < 4.78 is 0. The Kier molecular flexibility index (Phi) is 3.28. The molecule has 0 radical (unpaired) electrons. The summed E-state index contributed by atoms with van der Waals surface area (Å²) in [5.41, 5.74) is 3.60. The number of rotatable bonds is 1. The highest BCUT2D eigenvalue weighted by Gasteiger charge is 2.13. The van der Waals surface area contributed by atoms with Crippen LogP contribution in [0.3, 0.4) is 0 Å². The molecule has 0 saturated carbocycles. The lowest BCUT2D eigenvalue weighted by molar-refractivity contribution is 0.535. The Morgan fingerprint density at radius 2 is 2.06 bits per heavy atom. The zero-order valence-electron chi connectivity index (χ0n) is 10.9. The largest absolute Gasteiger partial charge is 0.310 e. The molecule has 1 aliphatic rings. The number of aromatic nitrogens is 1. The Hall–Kier alpha value is -1.41. The van der Waals surface area contributed by atoms with Crippen LogP contribution < -0.4 is 5.32 Å². The first-order valence-corrected chi connectivity index (χ1v) is 6.94. The summed E-state index contributed by atoms with van der Waals surface area (Å²) in [5, 5.41) is 4.91. The molecule has 1 aromatic heterocycles. The van der Waals surface area contributed by atoms with Crippen LogP contribution in [0.2, 0.25) is 0 Å². The van der Waals surface area contributed by atoms with Gasteiger partial charge in [0.15, 0.2) is 0 Å². The number of benzene rings is 1. The van der Waals surface area contributed by atoms with Crippen molar-refractivity contribution in [2.75, 3.05) is 6.54 Å². The standard InChI is InChI=1S/C16H20N2/c1-12-6-7-14-11-13(8-9-16(14)18-12)15-5-3-2-4-10-17-15/h6-9,11,15,17H,2-5,10H2,1H3. The third kappa shape index (κ3) is 2.39. The number of nitrogens with one attached hydrogen (secondary N) is 1. The van der Waals surface area contributed by atoms with E-state index >= 15 is 0 Å². The fourth-order valence-corrected chi connectivity index (χ4v) is 2.78. The van der Waals surface area contributed by atoms with E-state index in [2.05, 4.69) is 40.6 Å². The normalized spacial score (nSPS) is 20.8. The zero-order chi connectivity index (χ0) is 12.4. The molecular weight excluding hydrogens is 220 g/mol. The Morgan fingerprint density at radius 1 is 1.11 bits per heavy atom. The molecule has 1 aliphatic heterocycles. The predicted octanol–water partition coefficient (Wildman–Crippen LogP) is 3.75. The van der Waals surface area contributed by atoms with Crippen LogP contribution in [-0.2, 0) is 0 Å². The van der Waals surface area contributed by atoms with Gasteiger partial charge in [0.1, 0.15) is 0 Å². The zero-order valence-corrected chi connectivity index (χ0v) is 10.9. The van der Waals surface area contributed by atoms with Crippen LogP contribution >= 0.6 is 0 Å². The Bertz CT molecular complexity index is 540. The van der Waals surface area contributed by atoms with Gasteiger partial charge in [-0.05, 0) is 50.1 Å². The van der Waals surface area contributed by atoms with Gasteiger partial charge in [-0.2, -0.15) is 0 Å². The maximum absolute atomic E-state index is 4.56. The molecule has 2 nitrogen and oxygen atoms in total. The second-order valence-electron chi connectivity index (χ2n) is 5.26. The lowest BCUT2D eigenvalue weighted by Gasteiger charge is -2.16. The highest BCUT2D eigenvalue weighted by atomic mass is 14.9. The predicted molar refractivity (Wildman–Crippen MR) is 75.7 cm³/mol. The second-order valence-corrected chi connectivity index (χ2v) is 5.26. The van der Waals surface area contributed by atoms with E-state index < -0.39 is 0 Å². The number of aryl methyl sites for hydroxylation is 1. The first-order chi connectivity index (χ1) is 8.83. The number of hydrogen-bond acceptors (Lipinski definition) is 2. The number of fused-ring (bicyclic) bond motifs is 1. The van der Waals surface area contributed by atoms with E-state index in [1.807, 2.05) is 6.92 Å². The van der Waals surface area contributed by atoms with Crippen LogP contribution in [0, 0.1) is 6.92 Å². The van der Waals surface area contributed by atoms with Gasteiger partial charge < -0.3 is 5.32 Å². The quantitative estimate of drug-likeness (QED) is 0.821. The van der Waals surface area contributed by atoms with Gasteiger partial charge in [-0.3, -0.25) is 4.98 Å². The van der Waals surface area contributed by atoms with E-state index in [0.29, 0.717) is 6.04 Å². The average molecular weight is 240 g/mol. The van der Waals surface area contributed by atoms with Gasteiger partial charge in [0, 0.05) is 17.1 Å². The van der Waals surface area contributed by atoms with E-state index in [1.54, 1.807) is 0 Å². The van der Waals surface area contributed by atoms with Gasteiger partial charge in [0.25, 0.3) is 0 Å². The molecule has 0 aliphatic carbocycles. The highest BCUT2D eigenvalue weighted by molar-refractivity contribution is 5.79. The molecule has 1 aromatic carbocycles. The molecule has 18 heavy (non-hydrogen) atoms. The molecule has 1 unspecified atom stereocenters. The van der Waals surface area contributed by atoms with Crippen molar-refractivity contribution < 1.29 is 0 Å². The van der Waals surface area contributed by atoms with E-state index in [-0.39, 0.29) is 0 Å². The van der Waals surface area contributed by atoms with Crippen LogP contribution in [0.25, 0.3) is 10.9 Å². The van der Waals surface area contributed by atoms with Gasteiger partial charge in [0.05, 0.1) is 5.52 Å². The molecule has 0 amide bonds. The van der Waals surface area contributed by atoms with Gasteiger partial charge >= 0.3 is 0 Å². The molecule has 0 spiro atoms. The Balaban J connectivity index is 1.94. The number of hydrogen-bond donors (Lipinski definition) is 1. The maximum Gasteiger partial charge on any atom is 0.0705 e. The molecule has 2 heteroatoms. The molecule has 3 rings (SSSR count). The summed E-state index contributed by atoms with van der Waals surface area (Å²) in [6.45, 7) is 3.19. The fraction of sp³-hybridized carbons (Fsp3) is 0.438. The lowest BCUT2D eigenvalue weighted by atomic mass is 10.00. The van der Waals surface area contributed by atoms with Crippen molar-refractivity contribution in [3.63, 3.8) is 0 Å². The summed E-state index contributed by atoms with van der Waals surface area (Å²) >= 11 is 0. The smallest absolute Gasteiger partial charge is 0.0705 e. The van der Waals surface area contributed by atoms with Crippen LogP contribution in [0.15, 0.2) is 30.3 Å². The van der Waals surface area contributed by atoms with E-state index in [1.165, 1.54) is 36.6 Å². The SMILES string of the molecule is Cc1ccc2cc(C3CCCCCN3)ccc2n1. The van der Waals surface area contributed by atoms with Crippen molar-refractivity contribution in [3.8, 4) is 0 Å². The summed E-state index contributed by atoms with van der Waals surface area (Å²) in [4.78, 5) is 4.56. The molecule has 1 fully saturated rings. The van der Waals surface area contributed by atoms with Crippen molar-refractivity contribution in [2.24, 2.45) is 0 Å². The van der Waals surface area contributed by atoms with Gasteiger partial charge in [-0.15, -0.1) is 0 Å². The van der Waals surface area contributed by atoms with Gasteiger partial charge in [-0.1, -0.05) is 25.0 Å². The second kappa shape index (κ2) is 5.07. The first kappa shape index (κ1) is 11.7. The van der Waals surface area contributed by atoms with Crippen molar-refractivity contribution >= 4 is 10.9 Å². The average Bonchev–Trinajstić information content (AvgIpc) is 2.67. The minimum atomic E-state index is 0.526. The van der Waals surface area contributed by atoms with E-state index in [9.17, 15) is 0 Å². The third-order valence-electron chi connectivity index (χ3n) is 3.82. The van der Waals surface area contributed by atoms with Crippen LogP contribution in [0.1, 0.15) is 43.0 Å². The van der Waals surface area contributed by atoms with Crippen molar-refractivity contribution in [1.29, 1.82) is 0 Å². The van der Waals surface area contributed by atoms with Gasteiger partial charge in [-0.25, -0.2) is 0 Å². The molecular formula is C16H20N2. The monoisotopic (exact) mass is 240 g/mol. The lowest BCUT2D eigenvalue weighted by Crippen LogP contribution is -2.20. The third-order valence-corrected chi connectivity index (χ3v) is 3.82. The van der Waals surface area contributed by atoms with Gasteiger partial charge in [0.2, 0.25) is 0 Å². The molecule has 2 aromatic rings. The minimum Gasteiger partial charge on any atom is -0.310 e. The highest BCUT2D eigenvalue weighted by Crippen LogP contribution is 2.25. The number of pyridine rings is 1. The molecule has 1 saturated heterocycles. The summed E-state index contributed by atoms with van der Waals surface area (Å²) in [6, 6.07) is 11.5. The Morgan fingerprint density at radius 3 is 3.00 bits per heavy atom.